The summed E-state index contributed by atoms with van der Waals surface area (Å²) in [5.74, 6) is -1.68. The van der Waals surface area contributed by atoms with Gasteiger partial charge in [-0.25, -0.2) is 13.8 Å². The number of pyridine rings is 1. The fourth-order valence-corrected chi connectivity index (χ4v) is 4.86. The summed E-state index contributed by atoms with van der Waals surface area (Å²) in [6.07, 6.45) is 2.06. The Morgan fingerprint density at radius 3 is 2.28 bits per heavy atom. The van der Waals surface area contributed by atoms with Gasteiger partial charge in [0.25, 0.3) is 5.91 Å². The maximum absolute atomic E-state index is 14.1. The van der Waals surface area contributed by atoms with Crippen molar-refractivity contribution >= 4 is 5.91 Å². The maximum atomic E-state index is 14.1. The molecule has 0 bridgehead atoms. The Balaban J connectivity index is 1.65. The molecule has 1 saturated heterocycles. The fraction of sp³-hybridized carbons (Fsp3) is 0.379. The summed E-state index contributed by atoms with van der Waals surface area (Å²) in [4.78, 5) is 21.4. The molecule has 0 saturated carbocycles. The van der Waals surface area contributed by atoms with Gasteiger partial charge in [-0.05, 0) is 43.2 Å². The van der Waals surface area contributed by atoms with Gasteiger partial charge in [0.2, 0.25) is 5.88 Å². The summed E-state index contributed by atoms with van der Waals surface area (Å²) in [7, 11) is 2.99. The van der Waals surface area contributed by atoms with Crippen molar-refractivity contribution in [3.63, 3.8) is 0 Å². The van der Waals surface area contributed by atoms with Gasteiger partial charge in [0, 0.05) is 38.3 Å². The molecule has 0 radical (unpaired) electrons. The largest absolute Gasteiger partial charge is 0.506 e. The van der Waals surface area contributed by atoms with Crippen LogP contribution in [0, 0.1) is 11.6 Å². The highest BCUT2D eigenvalue weighted by molar-refractivity contribution is 6.02. The number of unbranched alkanes of at least 4 members (excludes halogenated alkanes) is 1. The number of ether oxygens (including phenoxy) is 2. The Morgan fingerprint density at radius 1 is 1.00 bits per heavy atom. The van der Waals surface area contributed by atoms with Gasteiger partial charge in [0.1, 0.15) is 34.4 Å². The molecule has 2 aromatic carbocycles. The minimum atomic E-state index is -0.578. The lowest BCUT2D eigenvalue weighted by atomic mass is 9.95. The van der Waals surface area contributed by atoms with Crippen LogP contribution in [-0.2, 0) is 13.0 Å². The number of aryl methyl sites for hydroxylation is 1. The standard InChI is InChI=1S/C29H33F2N3O5/c1-4-5-7-21-24(25-22(38-2)8-6-9-23(25)39-3)27(35)26(28(36)32-21)29(37)34-14-12-33(13-15-34)17-18-16-19(30)10-11-20(18)31/h6,8-11,16H,4-5,7,12-15,17H2,1-3H3,(H2,32,35,36). The van der Waals surface area contributed by atoms with E-state index >= 15 is 0 Å². The number of amides is 1. The summed E-state index contributed by atoms with van der Waals surface area (Å²) in [5.41, 5.74) is 1.08. The van der Waals surface area contributed by atoms with E-state index in [9.17, 15) is 23.8 Å². The Bertz CT molecular complexity index is 1320. The van der Waals surface area contributed by atoms with E-state index in [2.05, 4.69) is 4.98 Å². The summed E-state index contributed by atoms with van der Waals surface area (Å²) in [6.45, 7) is 3.55. The van der Waals surface area contributed by atoms with Crippen molar-refractivity contribution in [2.24, 2.45) is 0 Å². The average Bonchev–Trinajstić information content (AvgIpc) is 2.93. The quantitative estimate of drug-likeness (QED) is 0.404. The first-order chi connectivity index (χ1) is 18.8. The van der Waals surface area contributed by atoms with E-state index in [0.717, 1.165) is 25.0 Å². The highest BCUT2D eigenvalue weighted by atomic mass is 19.1. The number of benzene rings is 2. The predicted molar refractivity (Wildman–Crippen MR) is 142 cm³/mol. The van der Waals surface area contributed by atoms with Crippen molar-refractivity contribution in [3.8, 4) is 34.3 Å². The Hall–Kier alpha value is -3.92. The zero-order valence-corrected chi connectivity index (χ0v) is 22.3. The van der Waals surface area contributed by atoms with Crippen molar-refractivity contribution in [2.45, 2.75) is 32.7 Å². The molecule has 2 heterocycles. The van der Waals surface area contributed by atoms with Crippen LogP contribution in [0.15, 0.2) is 36.4 Å². The molecule has 2 N–H and O–H groups in total. The molecule has 208 valence electrons. The van der Waals surface area contributed by atoms with Gasteiger partial charge in [-0.1, -0.05) is 19.4 Å². The van der Waals surface area contributed by atoms with Crippen LogP contribution in [0.1, 0.15) is 41.4 Å². The van der Waals surface area contributed by atoms with Gasteiger partial charge in [-0.3, -0.25) is 9.69 Å². The number of piperazine rings is 1. The monoisotopic (exact) mass is 541 g/mol. The van der Waals surface area contributed by atoms with Crippen LogP contribution in [0.2, 0.25) is 0 Å². The smallest absolute Gasteiger partial charge is 0.263 e. The Labute approximate surface area is 226 Å². The van der Waals surface area contributed by atoms with Gasteiger partial charge >= 0.3 is 0 Å². The molecule has 1 aromatic heterocycles. The maximum Gasteiger partial charge on any atom is 0.263 e. The number of hydrogen-bond acceptors (Lipinski definition) is 7. The molecule has 1 aliphatic heterocycles. The third-order valence-electron chi connectivity index (χ3n) is 6.95. The first-order valence-corrected chi connectivity index (χ1v) is 12.9. The lowest BCUT2D eigenvalue weighted by molar-refractivity contribution is 0.0620. The predicted octanol–water partition coefficient (Wildman–Crippen LogP) is 4.76. The molecule has 8 nitrogen and oxygen atoms in total. The zero-order chi connectivity index (χ0) is 28.1. The van der Waals surface area contributed by atoms with Crippen molar-refractivity contribution in [1.82, 2.24) is 14.8 Å². The molecule has 39 heavy (non-hydrogen) atoms. The van der Waals surface area contributed by atoms with Crippen molar-refractivity contribution < 1.29 is 33.3 Å². The van der Waals surface area contributed by atoms with Gasteiger partial charge in [0.05, 0.1) is 31.0 Å². The molecule has 1 fully saturated rings. The SMILES string of the molecule is CCCCc1nc(O)c(C(=O)N2CCN(Cc3cc(F)ccc3F)CC2)c(O)c1-c1c(OC)cccc1OC. The van der Waals surface area contributed by atoms with Crippen molar-refractivity contribution in [1.29, 1.82) is 0 Å². The van der Waals surface area contributed by atoms with Gasteiger partial charge in [0.15, 0.2) is 0 Å². The van der Waals surface area contributed by atoms with Gasteiger partial charge in [-0.2, -0.15) is 0 Å². The van der Waals surface area contributed by atoms with E-state index in [-0.39, 0.29) is 36.3 Å². The van der Waals surface area contributed by atoms with Gasteiger partial charge in [-0.15, -0.1) is 0 Å². The summed E-state index contributed by atoms with van der Waals surface area (Å²) < 4.78 is 38.8. The number of aromatic hydroxyl groups is 2. The molecule has 1 amide bonds. The molecule has 0 spiro atoms. The minimum Gasteiger partial charge on any atom is -0.506 e. The first kappa shape index (κ1) is 28.1. The number of carbonyl (C=O) groups is 1. The molecular formula is C29H33F2N3O5. The van der Waals surface area contributed by atoms with Crippen molar-refractivity contribution in [3.05, 3.63) is 64.9 Å². The minimum absolute atomic E-state index is 0.202. The lowest BCUT2D eigenvalue weighted by Crippen LogP contribution is -2.48. The zero-order valence-electron chi connectivity index (χ0n) is 22.3. The second kappa shape index (κ2) is 12.3. The first-order valence-electron chi connectivity index (χ1n) is 12.9. The topological polar surface area (TPSA) is 95.4 Å². The molecule has 10 heteroatoms. The van der Waals surface area contributed by atoms with Gasteiger partial charge < -0.3 is 24.6 Å². The van der Waals surface area contributed by atoms with E-state index < -0.39 is 29.2 Å². The van der Waals surface area contributed by atoms with Crippen LogP contribution in [0.3, 0.4) is 0 Å². The van der Waals surface area contributed by atoms with E-state index in [1.165, 1.54) is 25.2 Å². The Morgan fingerprint density at radius 2 is 1.67 bits per heavy atom. The number of aromatic nitrogens is 1. The molecule has 0 unspecified atom stereocenters. The van der Waals surface area contributed by atoms with E-state index in [4.69, 9.17) is 9.47 Å². The molecule has 4 rings (SSSR count). The van der Waals surface area contributed by atoms with Crippen LogP contribution < -0.4 is 9.47 Å². The second-order valence-electron chi connectivity index (χ2n) is 9.43. The normalized spacial score (nSPS) is 13.9. The number of hydrogen-bond donors (Lipinski definition) is 2. The molecule has 0 aliphatic carbocycles. The molecule has 0 atom stereocenters. The summed E-state index contributed by atoms with van der Waals surface area (Å²) >= 11 is 0. The number of methoxy groups -OCH3 is 2. The van der Waals surface area contributed by atoms with Crippen LogP contribution in [0.25, 0.3) is 11.1 Å². The number of nitrogens with zero attached hydrogens (tertiary/aromatic N) is 3. The molecule has 3 aromatic rings. The highest BCUT2D eigenvalue weighted by Crippen LogP contribution is 2.47. The number of rotatable bonds is 9. The van der Waals surface area contributed by atoms with E-state index in [0.29, 0.717) is 42.3 Å². The average molecular weight is 542 g/mol. The van der Waals surface area contributed by atoms with Crippen LogP contribution in [-0.4, -0.2) is 71.3 Å². The third-order valence-corrected chi connectivity index (χ3v) is 6.95. The third kappa shape index (κ3) is 5.90. The van der Waals surface area contributed by atoms with Crippen molar-refractivity contribution in [2.75, 3.05) is 40.4 Å². The lowest BCUT2D eigenvalue weighted by Gasteiger charge is -2.35. The van der Waals surface area contributed by atoms with E-state index in [1.807, 2.05) is 11.8 Å². The highest BCUT2D eigenvalue weighted by Gasteiger charge is 2.32. The Kier molecular flexibility index (Phi) is 8.86. The molecular weight excluding hydrogens is 508 g/mol. The number of carbonyl (C=O) groups excluding carboxylic acids is 1. The van der Waals surface area contributed by atoms with E-state index in [1.54, 1.807) is 18.2 Å². The summed E-state index contributed by atoms with van der Waals surface area (Å²) in [6, 6.07) is 8.53. The van der Waals surface area contributed by atoms with Crippen LogP contribution >= 0.6 is 0 Å². The summed E-state index contributed by atoms with van der Waals surface area (Å²) in [5, 5.41) is 22.3. The molecule has 1 aliphatic rings. The van der Waals surface area contributed by atoms with Crippen LogP contribution in [0.5, 0.6) is 23.1 Å². The fourth-order valence-electron chi connectivity index (χ4n) is 4.86. The second-order valence-corrected chi connectivity index (χ2v) is 9.43. The number of halogens is 2. The van der Waals surface area contributed by atoms with Crippen LogP contribution in [0.4, 0.5) is 8.78 Å².